The van der Waals surface area contributed by atoms with Crippen LogP contribution in [-0.4, -0.2) is 30.4 Å². The second kappa shape index (κ2) is 7.13. The van der Waals surface area contributed by atoms with Crippen LogP contribution in [0.2, 0.25) is 10.0 Å². The molecule has 1 unspecified atom stereocenters. The molecule has 0 heterocycles. The number of halogens is 2. The molecule has 3 nitrogen and oxygen atoms in total. The molecule has 0 fully saturated rings. The van der Waals surface area contributed by atoms with E-state index in [2.05, 4.69) is 13.8 Å². The Bertz CT molecular complexity index is 449. The molecule has 0 aliphatic heterocycles. The highest BCUT2D eigenvalue weighted by molar-refractivity contribution is 6.43. The van der Waals surface area contributed by atoms with E-state index in [1.807, 2.05) is 0 Å². The summed E-state index contributed by atoms with van der Waals surface area (Å²) in [5, 5.41) is 0.689. The van der Waals surface area contributed by atoms with Crippen molar-refractivity contribution in [3.05, 3.63) is 33.8 Å². The van der Waals surface area contributed by atoms with Crippen LogP contribution in [-0.2, 0) is 0 Å². The molecular weight excluding hydrogens is 283 g/mol. The van der Waals surface area contributed by atoms with Gasteiger partial charge in [0.25, 0.3) is 5.91 Å². The fourth-order valence-electron chi connectivity index (χ4n) is 1.65. The minimum absolute atomic E-state index is 0.0880. The second-order valence-electron chi connectivity index (χ2n) is 5.02. The van der Waals surface area contributed by atoms with Crippen molar-refractivity contribution in [2.45, 2.75) is 26.3 Å². The van der Waals surface area contributed by atoms with E-state index in [9.17, 15) is 4.79 Å². The predicted molar refractivity (Wildman–Crippen MR) is 80.9 cm³/mol. The summed E-state index contributed by atoms with van der Waals surface area (Å²) in [6, 6.07) is 5.14. The standard InChI is InChI=1S/C14H20Cl2N2O/c1-9(2)12(17)7-8-18(3)14(19)10-5-4-6-11(15)13(10)16/h4-6,9,12H,7-8,17H2,1-3H3. The maximum atomic E-state index is 12.2. The molecule has 1 aromatic carbocycles. The van der Waals surface area contributed by atoms with Gasteiger partial charge in [-0.3, -0.25) is 4.79 Å². The van der Waals surface area contributed by atoms with Gasteiger partial charge in [0.05, 0.1) is 15.6 Å². The second-order valence-corrected chi connectivity index (χ2v) is 5.81. The van der Waals surface area contributed by atoms with Crippen LogP contribution in [0, 0.1) is 5.92 Å². The number of rotatable bonds is 5. The summed E-state index contributed by atoms with van der Waals surface area (Å²) in [7, 11) is 1.74. The third-order valence-electron chi connectivity index (χ3n) is 3.18. The number of carbonyl (C=O) groups is 1. The normalized spacial score (nSPS) is 12.6. The van der Waals surface area contributed by atoms with Gasteiger partial charge in [-0.1, -0.05) is 43.1 Å². The Hall–Kier alpha value is -0.770. The summed E-state index contributed by atoms with van der Waals surface area (Å²) in [4.78, 5) is 13.9. The van der Waals surface area contributed by atoms with Crippen molar-refractivity contribution < 1.29 is 4.79 Å². The number of amides is 1. The summed E-state index contributed by atoms with van der Waals surface area (Å²) in [5.74, 6) is 0.265. The fourth-order valence-corrected chi connectivity index (χ4v) is 2.03. The van der Waals surface area contributed by atoms with Gasteiger partial charge in [0.15, 0.2) is 0 Å². The monoisotopic (exact) mass is 302 g/mol. The van der Waals surface area contributed by atoms with Crippen LogP contribution < -0.4 is 5.73 Å². The molecule has 0 bridgehead atoms. The highest BCUT2D eigenvalue weighted by atomic mass is 35.5. The molecule has 1 aromatic rings. The van der Waals surface area contributed by atoms with Crippen molar-refractivity contribution in [3.63, 3.8) is 0 Å². The van der Waals surface area contributed by atoms with Crippen LogP contribution in [0.25, 0.3) is 0 Å². The van der Waals surface area contributed by atoms with E-state index >= 15 is 0 Å². The lowest BCUT2D eigenvalue weighted by atomic mass is 10.0. The average Bonchev–Trinajstić information content (AvgIpc) is 2.37. The highest BCUT2D eigenvalue weighted by Crippen LogP contribution is 2.26. The van der Waals surface area contributed by atoms with Crippen LogP contribution in [0.5, 0.6) is 0 Å². The van der Waals surface area contributed by atoms with Gasteiger partial charge in [0.1, 0.15) is 0 Å². The van der Waals surface area contributed by atoms with E-state index in [0.29, 0.717) is 28.1 Å². The lowest BCUT2D eigenvalue weighted by molar-refractivity contribution is 0.0789. The van der Waals surface area contributed by atoms with Gasteiger partial charge in [-0.05, 0) is 24.5 Å². The van der Waals surface area contributed by atoms with E-state index < -0.39 is 0 Å². The Kier molecular flexibility index (Phi) is 6.11. The zero-order valence-electron chi connectivity index (χ0n) is 11.5. The van der Waals surface area contributed by atoms with E-state index in [0.717, 1.165) is 6.42 Å². The first-order chi connectivity index (χ1) is 8.84. The van der Waals surface area contributed by atoms with Crippen LogP contribution in [0.15, 0.2) is 18.2 Å². The Morgan fingerprint density at radius 1 is 1.37 bits per heavy atom. The maximum Gasteiger partial charge on any atom is 0.255 e. The van der Waals surface area contributed by atoms with Gasteiger partial charge < -0.3 is 10.6 Å². The van der Waals surface area contributed by atoms with Crippen LogP contribution in [0.1, 0.15) is 30.6 Å². The molecule has 0 aromatic heterocycles. The average molecular weight is 303 g/mol. The Labute approximate surface area is 124 Å². The minimum atomic E-state index is -0.136. The Morgan fingerprint density at radius 2 is 2.00 bits per heavy atom. The lowest BCUT2D eigenvalue weighted by Crippen LogP contribution is -2.34. The quantitative estimate of drug-likeness (QED) is 0.905. The van der Waals surface area contributed by atoms with E-state index in [1.54, 1.807) is 30.1 Å². The molecule has 1 rings (SSSR count). The predicted octanol–water partition coefficient (Wildman–Crippen LogP) is 3.44. The maximum absolute atomic E-state index is 12.2. The van der Waals surface area contributed by atoms with Gasteiger partial charge in [-0.25, -0.2) is 0 Å². The van der Waals surface area contributed by atoms with Crippen molar-refractivity contribution in [3.8, 4) is 0 Å². The largest absolute Gasteiger partial charge is 0.342 e. The molecule has 1 atom stereocenters. The van der Waals surface area contributed by atoms with Gasteiger partial charge >= 0.3 is 0 Å². The zero-order chi connectivity index (χ0) is 14.6. The first-order valence-corrected chi connectivity index (χ1v) is 7.05. The molecule has 0 aliphatic rings. The van der Waals surface area contributed by atoms with Crippen LogP contribution in [0.3, 0.4) is 0 Å². The van der Waals surface area contributed by atoms with Crippen molar-refractivity contribution >= 4 is 29.1 Å². The number of benzene rings is 1. The molecule has 0 aliphatic carbocycles. The third-order valence-corrected chi connectivity index (χ3v) is 4.00. The molecule has 5 heteroatoms. The lowest BCUT2D eigenvalue weighted by Gasteiger charge is -2.22. The number of nitrogens with zero attached hydrogens (tertiary/aromatic N) is 1. The molecule has 1 amide bonds. The highest BCUT2D eigenvalue weighted by Gasteiger charge is 2.17. The molecule has 0 saturated heterocycles. The van der Waals surface area contributed by atoms with Gasteiger partial charge in [0.2, 0.25) is 0 Å². The van der Waals surface area contributed by atoms with Gasteiger partial charge in [0, 0.05) is 19.6 Å². The molecular formula is C14H20Cl2N2O. The Morgan fingerprint density at radius 3 is 2.58 bits per heavy atom. The molecule has 2 N–H and O–H groups in total. The zero-order valence-corrected chi connectivity index (χ0v) is 13.0. The first-order valence-electron chi connectivity index (χ1n) is 6.29. The number of hydrogen-bond acceptors (Lipinski definition) is 2. The van der Waals surface area contributed by atoms with Crippen LogP contribution in [0.4, 0.5) is 0 Å². The number of hydrogen-bond donors (Lipinski definition) is 1. The molecule has 0 saturated carbocycles. The summed E-state index contributed by atoms with van der Waals surface area (Å²) >= 11 is 12.0. The van der Waals surface area contributed by atoms with Crippen molar-refractivity contribution in [1.82, 2.24) is 4.90 Å². The summed E-state index contributed by atoms with van der Waals surface area (Å²) in [6.07, 6.45) is 0.762. The van der Waals surface area contributed by atoms with Crippen molar-refractivity contribution in [2.75, 3.05) is 13.6 Å². The number of nitrogens with two attached hydrogens (primary N) is 1. The Balaban J connectivity index is 2.69. The molecule has 106 valence electrons. The topological polar surface area (TPSA) is 46.3 Å². The first kappa shape index (κ1) is 16.3. The SMILES string of the molecule is CC(C)C(N)CCN(C)C(=O)c1cccc(Cl)c1Cl. The van der Waals surface area contributed by atoms with Gasteiger partial charge in [-0.2, -0.15) is 0 Å². The van der Waals surface area contributed by atoms with E-state index in [-0.39, 0.29) is 11.9 Å². The fraction of sp³-hybridized carbons (Fsp3) is 0.500. The van der Waals surface area contributed by atoms with Crippen molar-refractivity contribution in [1.29, 1.82) is 0 Å². The number of carbonyl (C=O) groups excluding carboxylic acids is 1. The third kappa shape index (κ3) is 4.37. The molecule has 19 heavy (non-hydrogen) atoms. The van der Waals surface area contributed by atoms with E-state index in [4.69, 9.17) is 28.9 Å². The summed E-state index contributed by atoms with van der Waals surface area (Å²) in [5.41, 5.74) is 6.40. The molecule has 0 spiro atoms. The minimum Gasteiger partial charge on any atom is -0.342 e. The summed E-state index contributed by atoms with van der Waals surface area (Å²) in [6.45, 7) is 4.74. The van der Waals surface area contributed by atoms with Crippen molar-refractivity contribution in [2.24, 2.45) is 11.7 Å². The molecule has 0 radical (unpaired) electrons. The smallest absolute Gasteiger partial charge is 0.255 e. The van der Waals surface area contributed by atoms with E-state index in [1.165, 1.54) is 0 Å². The summed E-state index contributed by atoms with van der Waals surface area (Å²) < 4.78 is 0. The van der Waals surface area contributed by atoms with Gasteiger partial charge in [-0.15, -0.1) is 0 Å². The van der Waals surface area contributed by atoms with Crippen LogP contribution >= 0.6 is 23.2 Å².